The molecule has 0 N–H and O–H groups in total. The fraction of sp³-hybridized carbons (Fsp3) is 0.750. The molecule has 2 rings (SSSR count). The SMILES string of the molecule is CCCCCCCc1ccc(OCCC[C@H]2CC[C@H](CC)CC2)cc1. The van der Waals surface area contributed by atoms with Crippen LogP contribution < -0.4 is 4.74 Å². The van der Waals surface area contributed by atoms with Crippen LogP contribution in [0.4, 0.5) is 0 Å². The molecular formula is C24H40O. The van der Waals surface area contributed by atoms with Crippen LogP contribution in [-0.2, 0) is 6.42 Å². The van der Waals surface area contributed by atoms with Crippen molar-refractivity contribution in [3.8, 4) is 5.75 Å². The Balaban J connectivity index is 1.54. The van der Waals surface area contributed by atoms with E-state index in [0.717, 1.165) is 24.2 Å². The van der Waals surface area contributed by atoms with Gasteiger partial charge in [0.15, 0.2) is 0 Å². The molecule has 142 valence electrons. The molecular weight excluding hydrogens is 304 g/mol. The second kappa shape index (κ2) is 12.4. The van der Waals surface area contributed by atoms with Gasteiger partial charge in [-0.3, -0.25) is 0 Å². The normalized spacial score (nSPS) is 20.6. The van der Waals surface area contributed by atoms with Gasteiger partial charge in [0.1, 0.15) is 5.75 Å². The summed E-state index contributed by atoms with van der Waals surface area (Å²) in [6, 6.07) is 8.82. The molecule has 0 unspecified atom stereocenters. The van der Waals surface area contributed by atoms with Crippen molar-refractivity contribution < 1.29 is 4.74 Å². The number of unbranched alkanes of at least 4 members (excludes halogenated alkanes) is 4. The van der Waals surface area contributed by atoms with Gasteiger partial charge in [-0.15, -0.1) is 0 Å². The zero-order valence-electron chi connectivity index (χ0n) is 16.8. The Morgan fingerprint density at radius 3 is 2.16 bits per heavy atom. The van der Waals surface area contributed by atoms with Gasteiger partial charge in [0.05, 0.1) is 6.61 Å². The van der Waals surface area contributed by atoms with E-state index in [-0.39, 0.29) is 0 Å². The van der Waals surface area contributed by atoms with Crippen molar-refractivity contribution >= 4 is 0 Å². The molecule has 0 aliphatic heterocycles. The molecule has 0 saturated heterocycles. The first kappa shape index (κ1) is 20.3. The van der Waals surface area contributed by atoms with Crippen LogP contribution in [0.5, 0.6) is 5.75 Å². The Morgan fingerprint density at radius 2 is 1.48 bits per heavy atom. The van der Waals surface area contributed by atoms with Gasteiger partial charge in [-0.05, 0) is 55.2 Å². The lowest BCUT2D eigenvalue weighted by atomic mass is 9.79. The molecule has 0 atom stereocenters. The maximum absolute atomic E-state index is 5.95. The number of ether oxygens (including phenoxy) is 1. The molecule has 1 nitrogen and oxygen atoms in total. The minimum absolute atomic E-state index is 0.879. The van der Waals surface area contributed by atoms with E-state index in [4.69, 9.17) is 4.74 Å². The smallest absolute Gasteiger partial charge is 0.119 e. The Hall–Kier alpha value is -0.980. The molecule has 1 aliphatic rings. The Labute approximate surface area is 156 Å². The zero-order valence-corrected chi connectivity index (χ0v) is 16.8. The summed E-state index contributed by atoms with van der Waals surface area (Å²) in [5.74, 6) is 3.02. The lowest BCUT2D eigenvalue weighted by Gasteiger charge is -2.27. The summed E-state index contributed by atoms with van der Waals surface area (Å²) in [6.45, 7) is 5.50. The Kier molecular flexibility index (Phi) is 10.1. The number of benzene rings is 1. The highest BCUT2D eigenvalue weighted by Crippen LogP contribution is 2.33. The fourth-order valence-corrected chi connectivity index (χ4v) is 4.18. The first-order valence-corrected chi connectivity index (χ1v) is 11.0. The molecule has 25 heavy (non-hydrogen) atoms. The zero-order chi connectivity index (χ0) is 17.7. The molecule has 0 radical (unpaired) electrons. The third kappa shape index (κ3) is 8.29. The fourth-order valence-electron chi connectivity index (χ4n) is 4.18. The van der Waals surface area contributed by atoms with E-state index in [1.807, 2.05) is 0 Å². The number of hydrogen-bond donors (Lipinski definition) is 0. The van der Waals surface area contributed by atoms with Crippen LogP contribution >= 0.6 is 0 Å². The second-order valence-electron chi connectivity index (χ2n) is 8.09. The third-order valence-electron chi connectivity index (χ3n) is 6.06. The summed E-state index contributed by atoms with van der Waals surface area (Å²) in [5, 5.41) is 0. The summed E-state index contributed by atoms with van der Waals surface area (Å²) in [6.07, 6.45) is 17.8. The highest BCUT2D eigenvalue weighted by atomic mass is 16.5. The first-order chi connectivity index (χ1) is 12.3. The largest absolute Gasteiger partial charge is 0.494 e. The quantitative estimate of drug-likeness (QED) is 0.355. The van der Waals surface area contributed by atoms with Crippen LogP contribution in [-0.4, -0.2) is 6.61 Å². The van der Waals surface area contributed by atoms with Crippen molar-refractivity contribution in [3.05, 3.63) is 29.8 Å². The molecule has 1 aromatic carbocycles. The maximum atomic E-state index is 5.95. The summed E-state index contributed by atoms with van der Waals surface area (Å²) < 4.78 is 5.95. The highest BCUT2D eigenvalue weighted by molar-refractivity contribution is 5.27. The van der Waals surface area contributed by atoms with E-state index in [9.17, 15) is 0 Å². The molecule has 0 amide bonds. The standard InChI is InChI=1S/C24H40O/c1-3-5-6-7-8-10-22-16-18-24(19-17-22)25-20-9-11-23-14-12-21(4-2)13-15-23/h16-19,21,23H,3-15,20H2,1-2H3/t21-,23-. The van der Waals surface area contributed by atoms with Gasteiger partial charge in [0.2, 0.25) is 0 Å². The minimum atomic E-state index is 0.879. The van der Waals surface area contributed by atoms with Gasteiger partial charge in [0.25, 0.3) is 0 Å². The third-order valence-corrected chi connectivity index (χ3v) is 6.06. The van der Waals surface area contributed by atoms with E-state index in [1.54, 1.807) is 0 Å². The van der Waals surface area contributed by atoms with Crippen molar-refractivity contribution in [3.63, 3.8) is 0 Å². The molecule has 0 aromatic heterocycles. The van der Waals surface area contributed by atoms with Crippen molar-refractivity contribution in [2.75, 3.05) is 6.61 Å². The molecule has 1 saturated carbocycles. The van der Waals surface area contributed by atoms with Crippen molar-refractivity contribution in [1.82, 2.24) is 0 Å². The lowest BCUT2D eigenvalue weighted by molar-refractivity contribution is 0.234. The van der Waals surface area contributed by atoms with Crippen LogP contribution in [0.15, 0.2) is 24.3 Å². The van der Waals surface area contributed by atoms with Crippen LogP contribution in [0.25, 0.3) is 0 Å². The van der Waals surface area contributed by atoms with Gasteiger partial charge in [-0.1, -0.05) is 83.8 Å². The van der Waals surface area contributed by atoms with E-state index in [1.165, 1.54) is 89.0 Å². The molecule has 1 heteroatoms. The predicted molar refractivity (Wildman–Crippen MR) is 109 cm³/mol. The van der Waals surface area contributed by atoms with Crippen LogP contribution in [0.3, 0.4) is 0 Å². The molecule has 0 bridgehead atoms. The summed E-state index contributed by atoms with van der Waals surface area (Å²) in [4.78, 5) is 0. The number of rotatable bonds is 12. The molecule has 1 aromatic rings. The van der Waals surface area contributed by atoms with Gasteiger partial charge in [-0.2, -0.15) is 0 Å². The Bertz CT molecular complexity index is 428. The maximum Gasteiger partial charge on any atom is 0.119 e. The summed E-state index contributed by atoms with van der Waals surface area (Å²) in [5.41, 5.74) is 1.46. The van der Waals surface area contributed by atoms with Gasteiger partial charge in [-0.25, -0.2) is 0 Å². The summed E-state index contributed by atoms with van der Waals surface area (Å²) >= 11 is 0. The van der Waals surface area contributed by atoms with Gasteiger partial charge < -0.3 is 4.74 Å². The van der Waals surface area contributed by atoms with Gasteiger partial charge in [0, 0.05) is 0 Å². The summed E-state index contributed by atoms with van der Waals surface area (Å²) in [7, 11) is 0. The number of hydrogen-bond acceptors (Lipinski definition) is 1. The predicted octanol–water partition coefficient (Wildman–Crippen LogP) is 7.57. The van der Waals surface area contributed by atoms with E-state index in [0.29, 0.717) is 0 Å². The van der Waals surface area contributed by atoms with E-state index < -0.39 is 0 Å². The van der Waals surface area contributed by atoms with Gasteiger partial charge >= 0.3 is 0 Å². The second-order valence-corrected chi connectivity index (χ2v) is 8.09. The molecule has 0 heterocycles. The van der Waals surface area contributed by atoms with Crippen LogP contribution in [0, 0.1) is 11.8 Å². The average Bonchev–Trinajstić information content (AvgIpc) is 2.66. The topological polar surface area (TPSA) is 9.23 Å². The van der Waals surface area contributed by atoms with Crippen molar-refractivity contribution in [2.45, 2.75) is 97.3 Å². The van der Waals surface area contributed by atoms with Crippen LogP contribution in [0.2, 0.25) is 0 Å². The monoisotopic (exact) mass is 344 g/mol. The lowest BCUT2D eigenvalue weighted by Crippen LogP contribution is -2.14. The number of aryl methyl sites for hydroxylation is 1. The molecule has 0 spiro atoms. The highest BCUT2D eigenvalue weighted by Gasteiger charge is 2.19. The van der Waals surface area contributed by atoms with E-state index in [2.05, 4.69) is 38.1 Å². The molecule has 1 aliphatic carbocycles. The van der Waals surface area contributed by atoms with Crippen LogP contribution in [0.1, 0.15) is 96.5 Å². The van der Waals surface area contributed by atoms with Crippen molar-refractivity contribution in [2.24, 2.45) is 11.8 Å². The van der Waals surface area contributed by atoms with Crippen molar-refractivity contribution in [1.29, 1.82) is 0 Å². The average molecular weight is 345 g/mol. The minimum Gasteiger partial charge on any atom is -0.494 e. The Morgan fingerprint density at radius 1 is 0.800 bits per heavy atom. The van der Waals surface area contributed by atoms with E-state index >= 15 is 0 Å². The first-order valence-electron chi connectivity index (χ1n) is 11.0. The molecule has 1 fully saturated rings.